The summed E-state index contributed by atoms with van der Waals surface area (Å²) >= 11 is 0. The average molecular weight is 346 g/mol. The Kier molecular flexibility index (Phi) is 4.46. The Labute approximate surface area is 153 Å². The number of nitrogens with zero attached hydrogens (tertiary/aromatic N) is 3. The number of piperidine rings is 1. The van der Waals surface area contributed by atoms with Gasteiger partial charge in [0.1, 0.15) is 5.82 Å². The molecule has 6 heteroatoms. The molecule has 132 valence electrons. The van der Waals surface area contributed by atoms with E-state index in [1.807, 2.05) is 30.5 Å². The van der Waals surface area contributed by atoms with Crippen LogP contribution in [0.2, 0.25) is 0 Å². The van der Waals surface area contributed by atoms with Crippen molar-refractivity contribution in [3.05, 3.63) is 58.9 Å². The normalized spacial score (nSPS) is 19.5. The lowest BCUT2D eigenvalue weighted by Gasteiger charge is -2.33. The van der Waals surface area contributed by atoms with Crippen LogP contribution >= 0.6 is 0 Å². The molecule has 6 nitrogen and oxygen atoms in total. The summed E-state index contributed by atoms with van der Waals surface area (Å²) in [6.45, 7) is 2.89. The minimum Gasteiger partial charge on any atom is -0.400 e. The van der Waals surface area contributed by atoms with Crippen LogP contribution in [0, 0.1) is 17.2 Å². The Morgan fingerprint density at radius 3 is 2.96 bits per heavy atom. The van der Waals surface area contributed by atoms with Gasteiger partial charge in [0.2, 0.25) is 0 Å². The highest BCUT2D eigenvalue weighted by Gasteiger charge is 2.25. The van der Waals surface area contributed by atoms with Gasteiger partial charge in [0.05, 0.1) is 23.7 Å². The number of benzene rings is 1. The zero-order valence-electron chi connectivity index (χ0n) is 14.6. The van der Waals surface area contributed by atoms with Crippen molar-refractivity contribution < 1.29 is 0 Å². The lowest BCUT2D eigenvalue weighted by molar-refractivity contribution is 0.191. The number of aromatic amines is 1. The van der Waals surface area contributed by atoms with Gasteiger partial charge in [0.25, 0.3) is 0 Å². The molecule has 0 radical (unpaired) electrons. The number of nitriles is 1. The van der Waals surface area contributed by atoms with E-state index in [9.17, 15) is 0 Å². The number of allylic oxidation sites excluding steroid dienone is 1. The van der Waals surface area contributed by atoms with Crippen LogP contribution in [-0.4, -0.2) is 29.3 Å². The smallest absolute Gasteiger partial charge is 0.141 e. The van der Waals surface area contributed by atoms with Crippen LogP contribution < -0.4 is 11.1 Å². The third-order valence-electron chi connectivity index (χ3n) is 5.18. The second-order valence-corrected chi connectivity index (χ2v) is 6.84. The van der Waals surface area contributed by atoms with Crippen LogP contribution in [0.4, 0.5) is 5.82 Å². The summed E-state index contributed by atoms with van der Waals surface area (Å²) < 4.78 is 0. The van der Waals surface area contributed by atoms with Crippen molar-refractivity contribution in [3.8, 4) is 6.07 Å². The Morgan fingerprint density at radius 2 is 2.15 bits per heavy atom. The third kappa shape index (κ3) is 3.22. The first-order chi connectivity index (χ1) is 12.7. The molecule has 1 aromatic carbocycles. The van der Waals surface area contributed by atoms with Gasteiger partial charge < -0.3 is 16.0 Å². The Bertz CT molecular complexity index is 893. The molecule has 2 aliphatic rings. The molecule has 0 spiro atoms. The van der Waals surface area contributed by atoms with E-state index in [2.05, 4.69) is 32.3 Å². The van der Waals surface area contributed by atoms with Crippen molar-refractivity contribution in [3.63, 3.8) is 0 Å². The standard InChI is InChI=1S/C20H22N6/c21-11-14-2-1-3-15(10-14)12-26-8-5-16(6-9-26)18(22)19-17-4-7-23-20(17)25-13-24-19/h1-4,7,10,13,16,23H,5-6,8-9,12,22H2,(H,24,25)/b19-18-. The largest absolute Gasteiger partial charge is 0.400 e. The minimum absolute atomic E-state index is 0.369. The van der Waals surface area contributed by atoms with Crippen LogP contribution in [-0.2, 0) is 6.54 Å². The predicted octanol–water partition coefficient (Wildman–Crippen LogP) is 2.69. The molecular formula is C20H22N6. The Morgan fingerprint density at radius 1 is 1.31 bits per heavy atom. The molecule has 26 heavy (non-hydrogen) atoms. The highest BCUT2D eigenvalue weighted by molar-refractivity contribution is 5.87. The fourth-order valence-corrected chi connectivity index (χ4v) is 3.75. The topological polar surface area (TPSA) is 93.2 Å². The highest BCUT2D eigenvalue weighted by atomic mass is 15.1. The second-order valence-electron chi connectivity index (χ2n) is 6.84. The molecule has 3 heterocycles. The molecule has 1 aromatic heterocycles. The maximum absolute atomic E-state index is 9.04. The molecule has 2 aliphatic heterocycles. The van der Waals surface area contributed by atoms with Crippen molar-refractivity contribution in [2.75, 3.05) is 13.1 Å². The van der Waals surface area contributed by atoms with Crippen LogP contribution in [0.25, 0.3) is 5.70 Å². The summed E-state index contributed by atoms with van der Waals surface area (Å²) in [6.07, 6.45) is 5.65. The molecule has 2 aromatic rings. The molecule has 1 fully saturated rings. The fourth-order valence-electron chi connectivity index (χ4n) is 3.75. The monoisotopic (exact) mass is 346 g/mol. The predicted molar refractivity (Wildman–Crippen MR) is 102 cm³/mol. The van der Waals surface area contributed by atoms with Gasteiger partial charge in [-0.2, -0.15) is 5.26 Å². The van der Waals surface area contributed by atoms with E-state index in [-0.39, 0.29) is 0 Å². The maximum atomic E-state index is 9.04. The molecule has 0 bridgehead atoms. The zero-order chi connectivity index (χ0) is 17.9. The van der Waals surface area contributed by atoms with Gasteiger partial charge in [0, 0.05) is 29.9 Å². The number of rotatable bonds is 3. The summed E-state index contributed by atoms with van der Waals surface area (Å²) in [7, 11) is 0. The zero-order valence-corrected chi connectivity index (χ0v) is 14.6. The molecule has 0 amide bonds. The molecule has 0 atom stereocenters. The van der Waals surface area contributed by atoms with E-state index in [0.29, 0.717) is 5.92 Å². The Hall–Kier alpha value is -3.04. The Balaban J connectivity index is 1.42. The van der Waals surface area contributed by atoms with Crippen LogP contribution in [0.3, 0.4) is 0 Å². The first-order valence-electron chi connectivity index (χ1n) is 8.92. The van der Waals surface area contributed by atoms with E-state index in [4.69, 9.17) is 11.0 Å². The van der Waals surface area contributed by atoms with Crippen molar-refractivity contribution >= 4 is 17.9 Å². The van der Waals surface area contributed by atoms with E-state index in [0.717, 1.165) is 60.8 Å². The first kappa shape index (κ1) is 16.4. The number of aliphatic imine (C=N–C) groups is 1. The number of H-pyrrole nitrogens is 1. The van der Waals surface area contributed by atoms with Gasteiger partial charge in [-0.1, -0.05) is 12.1 Å². The average Bonchev–Trinajstić information content (AvgIpc) is 3.17. The van der Waals surface area contributed by atoms with Crippen molar-refractivity contribution in [2.45, 2.75) is 19.4 Å². The number of nitrogens with one attached hydrogen (secondary N) is 2. The highest BCUT2D eigenvalue weighted by Crippen LogP contribution is 2.32. The van der Waals surface area contributed by atoms with Gasteiger partial charge in [-0.3, -0.25) is 4.90 Å². The summed E-state index contributed by atoms with van der Waals surface area (Å²) in [5.74, 6) is 1.23. The summed E-state index contributed by atoms with van der Waals surface area (Å²) in [6, 6.07) is 12.1. The second kappa shape index (κ2) is 7.06. The van der Waals surface area contributed by atoms with Gasteiger partial charge in [-0.05, 0) is 49.7 Å². The van der Waals surface area contributed by atoms with Crippen molar-refractivity contribution in [2.24, 2.45) is 16.6 Å². The molecule has 4 N–H and O–H groups in total. The van der Waals surface area contributed by atoms with Gasteiger partial charge in [-0.25, -0.2) is 4.99 Å². The lowest BCUT2D eigenvalue weighted by Crippen LogP contribution is -2.36. The number of fused-ring (bicyclic) bond motifs is 1. The number of hydrogen-bond acceptors (Lipinski definition) is 5. The first-order valence-corrected chi connectivity index (χ1v) is 8.92. The third-order valence-corrected chi connectivity index (χ3v) is 5.18. The van der Waals surface area contributed by atoms with Crippen molar-refractivity contribution in [1.29, 1.82) is 5.26 Å². The molecule has 0 saturated carbocycles. The van der Waals surface area contributed by atoms with E-state index in [1.165, 1.54) is 5.56 Å². The minimum atomic E-state index is 0.369. The molecule has 0 aliphatic carbocycles. The lowest BCUT2D eigenvalue weighted by atomic mass is 9.91. The van der Waals surface area contributed by atoms with E-state index >= 15 is 0 Å². The number of hydrogen-bond donors (Lipinski definition) is 3. The van der Waals surface area contributed by atoms with E-state index in [1.54, 1.807) is 6.34 Å². The summed E-state index contributed by atoms with van der Waals surface area (Å²) in [4.78, 5) is 9.85. The SMILES string of the molecule is N#Cc1cccc(CN2CCC(/C(N)=C3/NC=Nc4[nH]ccc43)CC2)c1. The van der Waals surface area contributed by atoms with Gasteiger partial charge in [-0.15, -0.1) is 0 Å². The summed E-state index contributed by atoms with van der Waals surface area (Å²) in [5, 5.41) is 12.3. The number of aromatic nitrogens is 1. The van der Waals surface area contributed by atoms with Crippen molar-refractivity contribution in [1.82, 2.24) is 15.2 Å². The number of nitrogens with two attached hydrogens (primary N) is 1. The number of likely N-dealkylation sites (tertiary alicyclic amines) is 1. The van der Waals surface area contributed by atoms with Crippen LogP contribution in [0.5, 0.6) is 0 Å². The molecule has 4 rings (SSSR count). The van der Waals surface area contributed by atoms with E-state index < -0.39 is 0 Å². The molecular weight excluding hydrogens is 324 g/mol. The molecule has 1 saturated heterocycles. The van der Waals surface area contributed by atoms with Crippen LogP contribution in [0.1, 0.15) is 29.5 Å². The van der Waals surface area contributed by atoms with Gasteiger partial charge in [0.15, 0.2) is 0 Å². The van der Waals surface area contributed by atoms with Crippen LogP contribution in [0.15, 0.2) is 47.2 Å². The maximum Gasteiger partial charge on any atom is 0.141 e. The summed E-state index contributed by atoms with van der Waals surface area (Å²) in [5.41, 5.74) is 11.4. The fraction of sp³-hybridized carbons (Fsp3) is 0.300. The van der Waals surface area contributed by atoms with Gasteiger partial charge >= 0.3 is 0 Å². The molecule has 0 unspecified atom stereocenters. The quantitative estimate of drug-likeness (QED) is 0.796.